The average molecular weight is 486 g/mol. The Morgan fingerprint density at radius 1 is 1.12 bits per heavy atom. The third kappa shape index (κ3) is 5.59. The summed E-state index contributed by atoms with van der Waals surface area (Å²) in [5.41, 5.74) is 1.20. The molecule has 0 aliphatic heterocycles. The summed E-state index contributed by atoms with van der Waals surface area (Å²) < 4.78 is 7.29. The van der Waals surface area contributed by atoms with Gasteiger partial charge in [-0.2, -0.15) is 9.78 Å². The van der Waals surface area contributed by atoms with E-state index in [0.717, 1.165) is 31.5 Å². The van der Waals surface area contributed by atoms with Gasteiger partial charge in [-0.3, -0.25) is 4.79 Å². The highest BCUT2D eigenvalue weighted by atomic mass is 35.5. The Balaban J connectivity index is 1.71. The van der Waals surface area contributed by atoms with Crippen molar-refractivity contribution in [2.45, 2.75) is 58.8 Å². The van der Waals surface area contributed by atoms with Gasteiger partial charge in [0.05, 0.1) is 33.8 Å². The maximum Gasteiger partial charge on any atom is 0.282 e. The van der Waals surface area contributed by atoms with Gasteiger partial charge in [-0.25, -0.2) is 4.98 Å². The molecule has 0 spiro atoms. The molecule has 0 saturated heterocycles. The second-order valence-corrected chi connectivity index (χ2v) is 10.7. The molecule has 4 rings (SSSR count). The average Bonchev–Trinajstić information content (AvgIpc) is 2.77. The molecule has 0 N–H and O–H groups in total. The van der Waals surface area contributed by atoms with Crippen molar-refractivity contribution in [3.05, 3.63) is 68.2 Å². The number of hydrogen-bond donors (Lipinski definition) is 0. The predicted molar refractivity (Wildman–Crippen MR) is 136 cm³/mol. The maximum absolute atomic E-state index is 13.3. The molecule has 1 aliphatic rings. The van der Waals surface area contributed by atoms with Crippen LogP contribution in [0.5, 0.6) is 5.75 Å². The van der Waals surface area contributed by atoms with Gasteiger partial charge in [0.1, 0.15) is 5.82 Å². The lowest BCUT2D eigenvalue weighted by molar-refractivity contribution is 0.198. The Bertz CT molecular complexity index is 1220. The lowest BCUT2D eigenvalue weighted by atomic mass is 9.88. The molecule has 0 amide bonds. The zero-order chi connectivity index (χ0) is 23.6. The fourth-order valence-electron chi connectivity index (χ4n) is 4.08. The summed E-state index contributed by atoms with van der Waals surface area (Å²) in [5.74, 6) is 1.39. The molecule has 0 atom stereocenters. The normalized spacial score (nSPS) is 15.4. The van der Waals surface area contributed by atoms with Gasteiger partial charge in [-0.05, 0) is 48.1 Å². The number of para-hydroxylation sites is 1. The van der Waals surface area contributed by atoms with Gasteiger partial charge in [-0.1, -0.05) is 75.4 Å². The number of aromatic nitrogens is 2. The summed E-state index contributed by atoms with van der Waals surface area (Å²) in [4.78, 5) is 18.2. The Morgan fingerprint density at radius 3 is 2.45 bits per heavy atom. The summed E-state index contributed by atoms with van der Waals surface area (Å²) >= 11 is 12.9. The molecule has 2 aromatic carbocycles. The minimum Gasteiger partial charge on any atom is -0.490 e. The van der Waals surface area contributed by atoms with E-state index in [1.165, 1.54) is 11.1 Å². The van der Waals surface area contributed by atoms with E-state index >= 15 is 0 Å². The van der Waals surface area contributed by atoms with Crippen LogP contribution >= 0.6 is 23.2 Å². The molecule has 1 aliphatic carbocycles. The lowest BCUT2D eigenvalue weighted by Crippen LogP contribution is -2.25. The van der Waals surface area contributed by atoms with E-state index in [2.05, 4.69) is 25.9 Å². The SMILES string of the molecule is CC(C)(C)COc1c(Cl)cc(C=Nn2c(C3CCCCC3)nc3ccccc3c2=O)cc1Cl. The Labute approximate surface area is 204 Å². The number of fused-ring (bicyclic) bond motifs is 1. The summed E-state index contributed by atoms with van der Waals surface area (Å²) in [6, 6.07) is 10.9. The summed E-state index contributed by atoms with van der Waals surface area (Å²) in [6.07, 6.45) is 7.12. The molecule has 5 nitrogen and oxygen atoms in total. The van der Waals surface area contributed by atoms with Gasteiger partial charge in [-0.15, -0.1) is 0 Å². The first-order chi connectivity index (χ1) is 15.7. The third-order valence-corrected chi connectivity index (χ3v) is 6.30. The van der Waals surface area contributed by atoms with Crippen molar-refractivity contribution in [2.75, 3.05) is 6.61 Å². The molecular weight excluding hydrogens is 457 g/mol. The number of benzene rings is 2. The van der Waals surface area contributed by atoms with Crippen molar-refractivity contribution in [1.82, 2.24) is 9.66 Å². The van der Waals surface area contributed by atoms with E-state index in [1.807, 2.05) is 18.2 Å². The minimum atomic E-state index is -0.167. The van der Waals surface area contributed by atoms with Gasteiger partial charge >= 0.3 is 0 Å². The maximum atomic E-state index is 13.3. The highest BCUT2D eigenvalue weighted by Gasteiger charge is 2.22. The van der Waals surface area contributed by atoms with Crippen molar-refractivity contribution >= 4 is 40.3 Å². The van der Waals surface area contributed by atoms with E-state index in [-0.39, 0.29) is 16.9 Å². The fourth-order valence-corrected chi connectivity index (χ4v) is 4.70. The molecule has 1 fully saturated rings. The van der Waals surface area contributed by atoms with Crippen LogP contribution in [0.25, 0.3) is 10.9 Å². The van der Waals surface area contributed by atoms with Crippen molar-refractivity contribution in [3.8, 4) is 5.75 Å². The fraction of sp³-hybridized carbons (Fsp3) is 0.423. The molecular formula is C26H29Cl2N3O2. The first-order valence-corrected chi connectivity index (χ1v) is 12.2. The molecule has 7 heteroatoms. The van der Waals surface area contributed by atoms with Gasteiger partial charge in [0.15, 0.2) is 5.75 Å². The van der Waals surface area contributed by atoms with Crippen LogP contribution in [0.1, 0.15) is 70.2 Å². The number of nitrogens with zero attached hydrogens (tertiary/aromatic N) is 3. The molecule has 3 aromatic rings. The van der Waals surface area contributed by atoms with Crippen LogP contribution in [-0.4, -0.2) is 22.5 Å². The molecule has 174 valence electrons. The highest BCUT2D eigenvalue weighted by molar-refractivity contribution is 6.37. The van der Waals surface area contributed by atoms with Gasteiger partial charge < -0.3 is 4.74 Å². The summed E-state index contributed by atoms with van der Waals surface area (Å²) in [6.45, 7) is 6.72. The Morgan fingerprint density at radius 2 is 1.79 bits per heavy atom. The Kier molecular flexibility index (Phi) is 7.10. The first kappa shape index (κ1) is 23.8. The predicted octanol–water partition coefficient (Wildman–Crippen LogP) is 7.06. The van der Waals surface area contributed by atoms with Crippen LogP contribution < -0.4 is 10.3 Å². The second kappa shape index (κ2) is 9.86. The topological polar surface area (TPSA) is 56.5 Å². The zero-order valence-corrected chi connectivity index (χ0v) is 20.8. The van der Waals surface area contributed by atoms with Crippen molar-refractivity contribution in [2.24, 2.45) is 10.5 Å². The van der Waals surface area contributed by atoms with Crippen molar-refractivity contribution in [3.63, 3.8) is 0 Å². The largest absolute Gasteiger partial charge is 0.490 e. The van der Waals surface area contributed by atoms with E-state index < -0.39 is 0 Å². The molecule has 0 radical (unpaired) electrons. The van der Waals surface area contributed by atoms with Crippen LogP contribution in [0.15, 0.2) is 46.3 Å². The van der Waals surface area contributed by atoms with Gasteiger partial charge in [0.25, 0.3) is 5.56 Å². The number of rotatable bonds is 5. The smallest absolute Gasteiger partial charge is 0.282 e. The lowest BCUT2D eigenvalue weighted by Gasteiger charge is -2.22. The van der Waals surface area contributed by atoms with Crippen molar-refractivity contribution < 1.29 is 4.74 Å². The second-order valence-electron chi connectivity index (χ2n) is 9.85. The number of halogens is 2. The van der Waals surface area contributed by atoms with E-state index in [0.29, 0.717) is 38.9 Å². The van der Waals surface area contributed by atoms with E-state index in [1.54, 1.807) is 24.4 Å². The van der Waals surface area contributed by atoms with Gasteiger partial charge in [0, 0.05) is 5.92 Å². The van der Waals surface area contributed by atoms with E-state index in [4.69, 9.17) is 32.9 Å². The van der Waals surface area contributed by atoms with Crippen LogP contribution in [0, 0.1) is 5.41 Å². The van der Waals surface area contributed by atoms with Gasteiger partial charge in [0.2, 0.25) is 0 Å². The summed E-state index contributed by atoms with van der Waals surface area (Å²) in [7, 11) is 0. The molecule has 1 heterocycles. The number of hydrogen-bond acceptors (Lipinski definition) is 4. The van der Waals surface area contributed by atoms with Crippen LogP contribution in [-0.2, 0) is 0 Å². The standard InChI is InChI=1S/C26H29Cl2N3O2/c1-26(2,3)16-33-23-20(27)13-17(14-21(23)28)15-29-31-24(18-9-5-4-6-10-18)30-22-12-8-7-11-19(22)25(31)32/h7-8,11-15,18H,4-6,9-10,16H2,1-3H3. The first-order valence-electron chi connectivity index (χ1n) is 11.4. The van der Waals surface area contributed by atoms with E-state index in [9.17, 15) is 4.79 Å². The molecule has 1 aromatic heterocycles. The Hall–Kier alpha value is -2.37. The zero-order valence-electron chi connectivity index (χ0n) is 19.3. The molecule has 33 heavy (non-hydrogen) atoms. The minimum absolute atomic E-state index is 0.0213. The highest BCUT2D eigenvalue weighted by Crippen LogP contribution is 2.35. The monoisotopic (exact) mass is 485 g/mol. The molecule has 0 unspecified atom stereocenters. The van der Waals surface area contributed by atoms with Crippen LogP contribution in [0.3, 0.4) is 0 Å². The van der Waals surface area contributed by atoms with Crippen LogP contribution in [0.2, 0.25) is 10.0 Å². The third-order valence-electron chi connectivity index (χ3n) is 5.74. The quantitative estimate of drug-likeness (QED) is 0.363. The molecule has 1 saturated carbocycles. The number of ether oxygens (including phenoxy) is 1. The van der Waals surface area contributed by atoms with Crippen molar-refractivity contribution in [1.29, 1.82) is 0 Å². The van der Waals surface area contributed by atoms with Crippen LogP contribution in [0.4, 0.5) is 0 Å². The summed E-state index contributed by atoms with van der Waals surface area (Å²) in [5, 5.41) is 5.92. The molecule has 0 bridgehead atoms.